The standard InChI is InChI=1S/C10H8BrClN2S/c11-9-3-2-8(15-9)6-13-7-1-4-10(12)14-5-7/h1-5,13H,6H2. The molecule has 0 aliphatic heterocycles. The van der Waals surface area contributed by atoms with Crippen LogP contribution < -0.4 is 5.32 Å². The summed E-state index contributed by atoms with van der Waals surface area (Å²) in [6.45, 7) is 0.805. The van der Waals surface area contributed by atoms with Gasteiger partial charge in [-0.3, -0.25) is 0 Å². The van der Waals surface area contributed by atoms with E-state index in [1.54, 1.807) is 23.6 Å². The first-order valence-corrected chi connectivity index (χ1v) is 6.32. The van der Waals surface area contributed by atoms with Crippen LogP contribution in [0.4, 0.5) is 5.69 Å². The van der Waals surface area contributed by atoms with Gasteiger partial charge in [-0.25, -0.2) is 4.98 Å². The maximum Gasteiger partial charge on any atom is 0.129 e. The summed E-state index contributed by atoms with van der Waals surface area (Å²) in [5.74, 6) is 0. The van der Waals surface area contributed by atoms with E-state index in [1.165, 1.54) is 4.88 Å². The fraction of sp³-hybridized carbons (Fsp3) is 0.100. The fourth-order valence-corrected chi connectivity index (χ4v) is 2.65. The molecule has 0 saturated carbocycles. The van der Waals surface area contributed by atoms with Crippen LogP contribution in [0.3, 0.4) is 0 Å². The molecule has 0 aromatic carbocycles. The van der Waals surface area contributed by atoms with Gasteiger partial charge in [0.25, 0.3) is 0 Å². The number of nitrogens with zero attached hydrogens (tertiary/aromatic N) is 1. The Kier molecular flexibility index (Phi) is 3.61. The fourth-order valence-electron chi connectivity index (χ4n) is 1.12. The smallest absolute Gasteiger partial charge is 0.129 e. The predicted octanol–water partition coefficient (Wildman–Crippen LogP) is 4.17. The molecular formula is C10H8BrClN2S. The van der Waals surface area contributed by atoms with Gasteiger partial charge in [0.1, 0.15) is 5.15 Å². The molecule has 0 amide bonds. The van der Waals surface area contributed by atoms with E-state index in [9.17, 15) is 0 Å². The summed E-state index contributed by atoms with van der Waals surface area (Å²) in [7, 11) is 0. The Labute approximate surface area is 105 Å². The maximum absolute atomic E-state index is 5.69. The lowest BCUT2D eigenvalue weighted by molar-refractivity contribution is 1.17. The zero-order valence-electron chi connectivity index (χ0n) is 7.71. The summed E-state index contributed by atoms with van der Waals surface area (Å²) in [5, 5.41) is 3.78. The van der Waals surface area contributed by atoms with Crippen molar-refractivity contribution in [2.24, 2.45) is 0 Å². The van der Waals surface area contributed by atoms with Crippen molar-refractivity contribution in [1.82, 2.24) is 4.98 Å². The van der Waals surface area contributed by atoms with Crippen molar-refractivity contribution in [3.8, 4) is 0 Å². The third-order valence-electron chi connectivity index (χ3n) is 1.82. The Bertz CT molecular complexity index is 441. The van der Waals surface area contributed by atoms with Crippen LogP contribution in [0, 0.1) is 0 Å². The maximum atomic E-state index is 5.69. The Balaban J connectivity index is 1.96. The molecule has 1 N–H and O–H groups in total. The highest BCUT2D eigenvalue weighted by Crippen LogP contribution is 2.22. The van der Waals surface area contributed by atoms with Crippen molar-refractivity contribution in [3.63, 3.8) is 0 Å². The highest BCUT2D eigenvalue weighted by molar-refractivity contribution is 9.11. The van der Waals surface area contributed by atoms with Crippen LogP contribution in [0.15, 0.2) is 34.2 Å². The number of pyridine rings is 1. The van der Waals surface area contributed by atoms with E-state index in [0.717, 1.165) is 16.0 Å². The highest BCUT2D eigenvalue weighted by atomic mass is 79.9. The van der Waals surface area contributed by atoms with Gasteiger partial charge in [-0.1, -0.05) is 11.6 Å². The Morgan fingerprint density at radius 1 is 1.33 bits per heavy atom. The molecule has 0 unspecified atom stereocenters. The van der Waals surface area contributed by atoms with Gasteiger partial charge < -0.3 is 5.32 Å². The molecule has 0 saturated heterocycles. The van der Waals surface area contributed by atoms with Gasteiger partial charge in [0.2, 0.25) is 0 Å². The summed E-state index contributed by atoms with van der Waals surface area (Å²) in [4.78, 5) is 5.27. The summed E-state index contributed by atoms with van der Waals surface area (Å²) in [6.07, 6.45) is 1.73. The van der Waals surface area contributed by atoms with Gasteiger partial charge in [0.05, 0.1) is 15.7 Å². The first-order chi connectivity index (χ1) is 7.24. The predicted molar refractivity (Wildman–Crippen MR) is 68.6 cm³/mol. The van der Waals surface area contributed by atoms with Crippen LogP contribution in [0.5, 0.6) is 0 Å². The highest BCUT2D eigenvalue weighted by Gasteiger charge is 1.98. The number of hydrogen-bond acceptors (Lipinski definition) is 3. The van der Waals surface area contributed by atoms with E-state index < -0.39 is 0 Å². The van der Waals surface area contributed by atoms with Gasteiger partial charge in [0, 0.05) is 11.4 Å². The van der Waals surface area contributed by atoms with E-state index >= 15 is 0 Å². The van der Waals surface area contributed by atoms with Crippen molar-refractivity contribution in [2.75, 3.05) is 5.32 Å². The molecule has 5 heteroatoms. The lowest BCUT2D eigenvalue weighted by Crippen LogP contribution is -1.97. The first kappa shape index (κ1) is 10.9. The van der Waals surface area contributed by atoms with Crippen LogP contribution in [-0.2, 0) is 6.54 Å². The molecule has 2 aromatic rings. The van der Waals surface area contributed by atoms with Crippen LogP contribution >= 0.6 is 38.9 Å². The molecule has 0 fully saturated rings. The monoisotopic (exact) mass is 302 g/mol. The third-order valence-corrected chi connectivity index (χ3v) is 3.67. The topological polar surface area (TPSA) is 24.9 Å². The zero-order valence-corrected chi connectivity index (χ0v) is 10.9. The third kappa shape index (κ3) is 3.19. The second-order valence-electron chi connectivity index (χ2n) is 2.93. The van der Waals surface area contributed by atoms with Crippen molar-refractivity contribution in [1.29, 1.82) is 0 Å². The number of aromatic nitrogens is 1. The number of nitrogens with one attached hydrogen (secondary N) is 1. The van der Waals surface area contributed by atoms with Gasteiger partial charge in [-0.15, -0.1) is 11.3 Å². The molecule has 78 valence electrons. The number of anilines is 1. The van der Waals surface area contributed by atoms with E-state index in [-0.39, 0.29) is 0 Å². The summed E-state index contributed by atoms with van der Waals surface area (Å²) in [5.41, 5.74) is 0.976. The first-order valence-electron chi connectivity index (χ1n) is 4.34. The van der Waals surface area contributed by atoms with Crippen LogP contribution in [0.25, 0.3) is 0 Å². The number of rotatable bonds is 3. The Hall–Kier alpha value is -0.580. The van der Waals surface area contributed by atoms with Crippen molar-refractivity contribution < 1.29 is 0 Å². The molecule has 0 aliphatic rings. The molecule has 2 heterocycles. The summed E-state index contributed by atoms with van der Waals surface area (Å²) in [6, 6.07) is 7.82. The number of halogens is 2. The van der Waals surface area contributed by atoms with Gasteiger partial charge in [-0.05, 0) is 40.2 Å². The average Bonchev–Trinajstić information content (AvgIpc) is 2.64. The average molecular weight is 304 g/mol. The summed E-state index contributed by atoms with van der Waals surface area (Å²) < 4.78 is 1.15. The second-order valence-corrected chi connectivity index (χ2v) is 5.86. The Morgan fingerprint density at radius 3 is 2.80 bits per heavy atom. The zero-order chi connectivity index (χ0) is 10.7. The molecule has 2 rings (SSSR count). The minimum absolute atomic E-state index is 0.513. The normalized spacial score (nSPS) is 10.3. The Morgan fingerprint density at radius 2 is 2.20 bits per heavy atom. The van der Waals surface area contributed by atoms with Gasteiger partial charge in [0.15, 0.2) is 0 Å². The minimum Gasteiger partial charge on any atom is -0.379 e. The molecule has 0 bridgehead atoms. The van der Waals surface area contributed by atoms with Gasteiger partial charge >= 0.3 is 0 Å². The lowest BCUT2D eigenvalue weighted by Gasteiger charge is -2.03. The van der Waals surface area contributed by atoms with Gasteiger partial charge in [-0.2, -0.15) is 0 Å². The van der Waals surface area contributed by atoms with Crippen LogP contribution in [0.1, 0.15) is 4.88 Å². The molecule has 0 spiro atoms. The number of thiophene rings is 1. The van der Waals surface area contributed by atoms with Crippen molar-refractivity contribution in [3.05, 3.63) is 44.3 Å². The van der Waals surface area contributed by atoms with Crippen molar-refractivity contribution >= 4 is 44.6 Å². The SMILES string of the molecule is Clc1ccc(NCc2ccc(Br)s2)cn1. The van der Waals surface area contributed by atoms with Crippen LogP contribution in [-0.4, -0.2) is 4.98 Å². The van der Waals surface area contributed by atoms with E-state index in [4.69, 9.17) is 11.6 Å². The largest absolute Gasteiger partial charge is 0.379 e. The quantitative estimate of drug-likeness (QED) is 0.861. The molecule has 0 atom stereocenters. The molecule has 2 nitrogen and oxygen atoms in total. The van der Waals surface area contributed by atoms with Crippen molar-refractivity contribution in [2.45, 2.75) is 6.54 Å². The molecular weight excluding hydrogens is 296 g/mol. The van der Waals surface area contributed by atoms with E-state index in [0.29, 0.717) is 5.15 Å². The summed E-state index contributed by atoms with van der Waals surface area (Å²) >= 11 is 10.8. The molecule has 0 radical (unpaired) electrons. The van der Waals surface area contributed by atoms with E-state index in [2.05, 4.69) is 32.3 Å². The van der Waals surface area contributed by atoms with E-state index in [1.807, 2.05) is 12.1 Å². The molecule has 2 aromatic heterocycles. The molecule has 0 aliphatic carbocycles. The lowest BCUT2D eigenvalue weighted by atomic mass is 10.4. The number of hydrogen-bond donors (Lipinski definition) is 1. The minimum atomic E-state index is 0.513. The second kappa shape index (κ2) is 4.96. The molecule has 15 heavy (non-hydrogen) atoms. The van der Waals surface area contributed by atoms with Crippen LogP contribution in [0.2, 0.25) is 5.15 Å².